The third kappa shape index (κ3) is 5.19. The van der Waals surface area contributed by atoms with E-state index in [2.05, 4.69) is 20.4 Å². The Kier molecular flexibility index (Phi) is 6.31. The number of nitrogens with zero attached hydrogens (tertiary/aromatic N) is 3. The molecule has 1 N–H and O–H groups in total. The zero-order chi connectivity index (χ0) is 16.7. The lowest BCUT2D eigenvalue weighted by Crippen LogP contribution is -2.14. The second-order valence-corrected chi connectivity index (χ2v) is 5.34. The van der Waals surface area contributed by atoms with E-state index in [0.29, 0.717) is 27.9 Å². The first-order valence-electron chi connectivity index (χ1n) is 6.70. The van der Waals surface area contributed by atoms with E-state index >= 15 is 0 Å². The van der Waals surface area contributed by atoms with Crippen LogP contribution in [0.1, 0.15) is 18.4 Å². The molecule has 6 nitrogen and oxygen atoms in total. The van der Waals surface area contributed by atoms with Crippen molar-refractivity contribution in [3.63, 3.8) is 0 Å². The van der Waals surface area contributed by atoms with Crippen molar-refractivity contribution in [3.05, 3.63) is 52.5 Å². The normalized spacial score (nSPS) is 11.2. The van der Waals surface area contributed by atoms with Gasteiger partial charge in [0.15, 0.2) is 0 Å². The topological polar surface area (TPSA) is 76.5 Å². The van der Waals surface area contributed by atoms with E-state index in [1.807, 2.05) is 0 Å². The summed E-state index contributed by atoms with van der Waals surface area (Å²) < 4.78 is 0. The van der Waals surface area contributed by atoms with E-state index in [0.717, 1.165) is 5.56 Å². The molecule has 0 saturated carbocycles. The molecule has 0 aliphatic carbocycles. The largest absolute Gasteiger partial charge is 0.399 e. The van der Waals surface area contributed by atoms with Crippen LogP contribution in [0.2, 0.25) is 10.0 Å². The van der Waals surface area contributed by atoms with E-state index in [-0.39, 0.29) is 12.3 Å². The van der Waals surface area contributed by atoms with E-state index in [1.54, 1.807) is 18.2 Å². The van der Waals surface area contributed by atoms with Crippen LogP contribution < -0.4 is 5.32 Å². The highest BCUT2D eigenvalue weighted by Crippen LogP contribution is 2.23. The van der Waals surface area contributed by atoms with Gasteiger partial charge in [0, 0.05) is 18.4 Å². The number of benzene rings is 1. The van der Waals surface area contributed by atoms with Crippen LogP contribution >= 0.6 is 23.2 Å². The molecule has 8 heteroatoms. The highest BCUT2D eigenvalue weighted by Gasteiger charge is 2.11. The van der Waals surface area contributed by atoms with Gasteiger partial charge in [-0.2, -0.15) is 0 Å². The monoisotopic (exact) mass is 352 g/mol. The number of rotatable bonds is 6. The lowest BCUT2D eigenvalue weighted by molar-refractivity contribution is -0.116. The highest BCUT2D eigenvalue weighted by atomic mass is 35.5. The van der Waals surface area contributed by atoms with Crippen LogP contribution in [-0.2, 0) is 9.63 Å². The maximum absolute atomic E-state index is 12.0. The molecule has 1 aromatic heterocycles. The maximum Gasteiger partial charge on any atom is 0.224 e. The zero-order valence-electron chi connectivity index (χ0n) is 12.3. The van der Waals surface area contributed by atoms with E-state index in [4.69, 9.17) is 28.0 Å². The highest BCUT2D eigenvalue weighted by molar-refractivity contribution is 6.42. The van der Waals surface area contributed by atoms with Crippen molar-refractivity contribution in [3.8, 4) is 0 Å². The van der Waals surface area contributed by atoms with Crippen LogP contribution in [0.3, 0.4) is 0 Å². The summed E-state index contributed by atoms with van der Waals surface area (Å²) in [5.74, 6) is -0.177. The lowest BCUT2D eigenvalue weighted by atomic mass is 10.1. The zero-order valence-corrected chi connectivity index (χ0v) is 13.8. The van der Waals surface area contributed by atoms with Crippen molar-refractivity contribution in [2.24, 2.45) is 5.16 Å². The van der Waals surface area contributed by atoms with Crippen LogP contribution in [0.15, 0.2) is 42.1 Å². The van der Waals surface area contributed by atoms with Gasteiger partial charge in [-0.05, 0) is 12.1 Å². The third-order valence-electron chi connectivity index (χ3n) is 2.89. The summed E-state index contributed by atoms with van der Waals surface area (Å²) in [5, 5.41) is 7.53. The molecule has 1 heterocycles. The summed E-state index contributed by atoms with van der Waals surface area (Å²) in [7, 11) is 1.44. The smallest absolute Gasteiger partial charge is 0.224 e. The Morgan fingerprint density at radius 3 is 2.61 bits per heavy atom. The predicted octanol–water partition coefficient (Wildman–Crippen LogP) is 3.55. The van der Waals surface area contributed by atoms with Gasteiger partial charge in [-0.3, -0.25) is 4.79 Å². The van der Waals surface area contributed by atoms with Crippen LogP contribution in [0, 0.1) is 0 Å². The molecule has 0 saturated heterocycles. The summed E-state index contributed by atoms with van der Waals surface area (Å²) in [6.45, 7) is 0. The molecule has 2 aromatic rings. The Morgan fingerprint density at radius 2 is 1.96 bits per heavy atom. The summed E-state index contributed by atoms with van der Waals surface area (Å²) in [6, 6.07) is 5.13. The number of carbonyl (C=O) groups excluding carboxylic acids is 1. The molecule has 0 fully saturated rings. The van der Waals surface area contributed by atoms with Gasteiger partial charge in [-0.1, -0.05) is 34.4 Å². The second kappa shape index (κ2) is 8.45. The third-order valence-corrected chi connectivity index (χ3v) is 3.63. The van der Waals surface area contributed by atoms with Gasteiger partial charge in [-0.25, -0.2) is 9.97 Å². The number of halogens is 2. The maximum atomic E-state index is 12.0. The molecule has 2 rings (SSSR count). The molecule has 0 bridgehead atoms. The van der Waals surface area contributed by atoms with E-state index < -0.39 is 0 Å². The van der Waals surface area contributed by atoms with Crippen molar-refractivity contribution >= 4 is 40.5 Å². The van der Waals surface area contributed by atoms with Crippen molar-refractivity contribution in [2.45, 2.75) is 12.8 Å². The summed E-state index contributed by atoms with van der Waals surface area (Å²) in [6.07, 6.45) is 5.04. The van der Waals surface area contributed by atoms with Gasteiger partial charge in [0.05, 0.1) is 33.8 Å². The fourth-order valence-corrected chi connectivity index (χ4v) is 2.15. The second-order valence-electron chi connectivity index (χ2n) is 4.52. The van der Waals surface area contributed by atoms with Gasteiger partial charge in [0.2, 0.25) is 5.91 Å². The summed E-state index contributed by atoms with van der Waals surface area (Å²) in [5.41, 5.74) is 1.89. The van der Waals surface area contributed by atoms with Crippen molar-refractivity contribution in [1.29, 1.82) is 0 Å². The molecule has 0 radical (unpaired) electrons. The minimum absolute atomic E-state index is 0.177. The molecular weight excluding hydrogens is 339 g/mol. The fourth-order valence-electron chi connectivity index (χ4n) is 1.85. The van der Waals surface area contributed by atoms with Gasteiger partial charge in [0.25, 0.3) is 0 Å². The van der Waals surface area contributed by atoms with Gasteiger partial charge in [-0.15, -0.1) is 0 Å². The van der Waals surface area contributed by atoms with Crippen molar-refractivity contribution in [1.82, 2.24) is 9.97 Å². The first-order valence-corrected chi connectivity index (χ1v) is 7.46. The number of oxime groups is 1. The first-order chi connectivity index (χ1) is 11.1. The molecule has 0 unspecified atom stereocenters. The van der Waals surface area contributed by atoms with Crippen molar-refractivity contribution < 1.29 is 9.63 Å². The number of carbonyl (C=O) groups is 1. The molecule has 0 aliphatic heterocycles. The molecule has 23 heavy (non-hydrogen) atoms. The minimum atomic E-state index is -0.177. The first kappa shape index (κ1) is 17.2. The molecule has 0 spiro atoms. The molecular formula is C15H14Cl2N4O2. The molecule has 120 valence electrons. The Bertz CT molecular complexity index is 708. The van der Waals surface area contributed by atoms with E-state index in [9.17, 15) is 4.79 Å². The lowest BCUT2D eigenvalue weighted by Gasteiger charge is -2.08. The number of amides is 1. The summed E-state index contributed by atoms with van der Waals surface area (Å²) in [4.78, 5) is 24.5. The number of aromatic nitrogens is 2. The summed E-state index contributed by atoms with van der Waals surface area (Å²) >= 11 is 11.9. The fraction of sp³-hybridized carbons (Fsp3) is 0.200. The minimum Gasteiger partial charge on any atom is -0.399 e. The number of nitrogens with one attached hydrogen (secondary N) is 1. The number of hydrogen-bond acceptors (Lipinski definition) is 5. The molecule has 0 aliphatic rings. The van der Waals surface area contributed by atoms with Gasteiger partial charge >= 0.3 is 0 Å². The quantitative estimate of drug-likeness (QED) is 0.636. The number of hydrogen-bond donors (Lipinski definition) is 1. The predicted molar refractivity (Wildman–Crippen MR) is 89.9 cm³/mol. The van der Waals surface area contributed by atoms with Crippen LogP contribution in [0.4, 0.5) is 5.69 Å². The standard InChI is InChI=1S/C15H14Cl2N4O2/c1-23-21-14(10-2-3-12(16)13(17)6-10)4-5-15(22)20-11-7-18-9-19-8-11/h2-3,6-9H,4-5H2,1H3,(H,20,22)/b21-14-. The van der Waals surface area contributed by atoms with Crippen LogP contribution in [-0.4, -0.2) is 28.7 Å². The average molecular weight is 353 g/mol. The Morgan fingerprint density at radius 1 is 1.22 bits per heavy atom. The molecule has 0 atom stereocenters. The van der Waals surface area contributed by atoms with Crippen LogP contribution in [0.25, 0.3) is 0 Å². The number of anilines is 1. The Labute approximate surface area is 143 Å². The Balaban J connectivity index is 2.01. The molecule has 1 aromatic carbocycles. The SMILES string of the molecule is CO/N=C(/CCC(=O)Nc1cncnc1)c1ccc(Cl)c(Cl)c1. The van der Waals surface area contributed by atoms with E-state index in [1.165, 1.54) is 25.8 Å². The van der Waals surface area contributed by atoms with Gasteiger partial charge in [0.1, 0.15) is 13.4 Å². The average Bonchev–Trinajstić information content (AvgIpc) is 2.55. The van der Waals surface area contributed by atoms with Crippen LogP contribution in [0.5, 0.6) is 0 Å². The Hall–Kier alpha value is -2.18. The molecule has 1 amide bonds. The van der Waals surface area contributed by atoms with Crippen molar-refractivity contribution in [2.75, 3.05) is 12.4 Å². The van der Waals surface area contributed by atoms with Gasteiger partial charge < -0.3 is 10.2 Å².